The largest absolute Gasteiger partial charge is 0.482 e. The minimum absolute atomic E-state index is 0.0828. The number of hydrogen-bond donors (Lipinski definition) is 1. The molecule has 5 nitrogen and oxygen atoms in total. The van der Waals surface area contributed by atoms with E-state index >= 15 is 0 Å². The number of aryl methyl sites for hydroxylation is 1. The number of alkyl halides is 3. The maximum absolute atomic E-state index is 13.0. The van der Waals surface area contributed by atoms with Gasteiger partial charge >= 0.3 is 12.1 Å². The maximum Gasteiger partial charge on any atom is 0.416 e. The Morgan fingerprint density at radius 3 is 2.44 bits per heavy atom. The topological polar surface area (TPSA) is 76.5 Å². The highest BCUT2D eigenvalue weighted by Crippen LogP contribution is 2.35. The summed E-state index contributed by atoms with van der Waals surface area (Å²) in [6, 6.07) is 9.79. The Labute approximate surface area is 211 Å². The van der Waals surface area contributed by atoms with Crippen molar-refractivity contribution in [2.24, 2.45) is 0 Å². The SMILES string of the molecule is C=CCc1cc(C(=O)CCc2sc(-c3ccc(C(F)(F)F)cc3)nc2C(C)C)ccc1OCC(=O)O. The molecule has 0 aliphatic carbocycles. The van der Waals surface area contributed by atoms with E-state index in [4.69, 9.17) is 9.84 Å². The summed E-state index contributed by atoms with van der Waals surface area (Å²) in [7, 11) is 0. The van der Waals surface area contributed by atoms with Crippen LogP contribution in [0.15, 0.2) is 55.1 Å². The van der Waals surface area contributed by atoms with E-state index in [0.717, 1.165) is 22.7 Å². The Morgan fingerprint density at radius 2 is 1.86 bits per heavy atom. The number of aromatic nitrogens is 1. The van der Waals surface area contributed by atoms with E-state index in [0.29, 0.717) is 40.3 Å². The number of nitrogens with zero attached hydrogens (tertiary/aromatic N) is 1. The zero-order valence-corrected chi connectivity index (χ0v) is 20.7. The van der Waals surface area contributed by atoms with Crippen LogP contribution in [0.5, 0.6) is 5.75 Å². The fourth-order valence-electron chi connectivity index (χ4n) is 3.64. The first-order valence-electron chi connectivity index (χ1n) is 11.3. The highest BCUT2D eigenvalue weighted by molar-refractivity contribution is 7.15. The molecule has 0 amide bonds. The van der Waals surface area contributed by atoms with Crippen LogP contribution in [0.3, 0.4) is 0 Å². The monoisotopic (exact) mass is 517 g/mol. The lowest BCUT2D eigenvalue weighted by atomic mass is 10.00. The Kier molecular flexibility index (Phi) is 8.68. The Morgan fingerprint density at radius 1 is 1.17 bits per heavy atom. The van der Waals surface area contributed by atoms with Gasteiger partial charge in [0.05, 0.1) is 11.3 Å². The summed E-state index contributed by atoms with van der Waals surface area (Å²) in [5.41, 5.74) is 1.86. The summed E-state index contributed by atoms with van der Waals surface area (Å²) in [6.45, 7) is 7.17. The highest BCUT2D eigenvalue weighted by atomic mass is 32.1. The maximum atomic E-state index is 13.0. The first-order valence-corrected chi connectivity index (χ1v) is 12.1. The molecule has 0 saturated heterocycles. The normalized spacial score (nSPS) is 11.5. The summed E-state index contributed by atoms with van der Waals surface area (Å²) < 4.78 is 44.0. The van der Waals surface area contributed by atoms with Crippen molar-refractivity contribution < 1.29 is 32.6 Å². The molecule has 0 bridgehead atoms. The van der Waals surface area contributed by atoms with Gasteiger partial charge in [-0.3, -0.25) is 4.79 Å². The summed E-state index contributed by atoms with van der Waals surface area (Å²) in [6.07, 6.45) is -1.68. The van der Waals surface area contributed by atoms with Crippen LogP contribution in [0.1, 0.15) is 58.2 Å². The minimum atomic E-state index is -4.40. The summed E-state index contributed by atoms with van der Waals surface area (Å²) >= 11 is 1.38. The zero-order chi connectivity index (χ0) is 26.5. The molecular weight excluding hydrogens is 491 g/mol. The number of halogens is 3. The molecular formula is C27H26F3NO4S. The molecule has 9 heteroatoms. The van der Waals surface area contributed by atoms with Gasteiger partial charge in [-0.25, -0.2) is 9.78 Å². The number of carboxylic acid groups (broad SMARTS) is 1. The number of carbonyl (C=O) groups is 2. The number of thiazole rings is 1. The number of carbonyl (C=O) groups excluding carboxylic acids is 1. The van der Waals surface area contributed by atoms with Crippen LogP contribution in [0.25, 0.3) is 10.6 Å². The van der Waals surface area contributed by atoms with Crippen molar-refractivity contribution in [2.75, 3.05) is 6.61 Å². The zero-order valence-electron chi connectivity index (χ0n) is 19.9. The predicted octanol–water partition coefficient (Wildman–Crippen LogP) is 6.96. The second-order valence-electron chi connectivity index (χ2n) is 8.48. The fraction of sp³-hybridized carbons (Fsp3) is 0.296. The van der Waals surface area contributed by atoms with Gasteiger partial charge in [0.2, 0.25) is 0 Å². The van der Waals surface area contributed by atoms with E-state index in [1.165, 1.54) is 23.5 Å². The molecule has 0 spiro atoms. The lowest BCUT2D eigenvalue weighted by Crippen LogP contribution is -2.11. The van der Waals surface area contributed by atoms with E-state index in [-0.39, 0.29) is 18.1 Å². The van der Waals surface area contributed by atoms with E-state index in [1.807, 2.05) is 13.8 Å². The molecule has 1 N–H and O–H groups in total. The van der Waals surface area contributed by atoms with Crippen molar-refractivity contribution in [1.29, 1.82) is 0 Å². The third-order valence-electron chi connectivity index (χ3n) is 5.41. The average molecular weight is 518 g/mol. The smallest absolute Gasteiger partial charge is 0.416 e. The molecule has 3 aromatic rings. The predicted molar refractivity (Wildman–Crippen MR) is 133 cm³/mol. The fourth-order valence-corrected chi connectivity index (χ4v) is 4.86. The van der Waals surface area contributed by atoms with Crippen LogP contribution in [0.2, 0.25) is 0 Å². The van der Waals surface area contributed by atoms with Crippen LogP contribution in [-0.4, -0.2) is 28.4 Å². The molecule has 0 saturated carbocycles. The number of Topliss-reactive ketones (excluding diaryl/α,β-unsaturated/α-hetero) is 1. The minimum Gasteiger partial charge on any atom is -0.482 e. The van der Waals surface area contributed by atoms with Gasteiger partial charge in [0.25, 0.3) is 0 Å². The standard InChI is InChI=1S/C27H26F3NO4S/c1-4-5-19-14-18(8-12-22(19)35-15-24(33)34)21(32)11-13-23-25(16(2)3)31-26(36-23)17-6-9-20(10-7-17)27(28,29)30/h4,6-10,12,14,16H,1,5,11,13,15H2,2-3H3,(H,33,34). The van der Waals surface area contributed by atoms with Crippen molar-refractivity contribution in [3.05, 3.63) is 82.4 Å². The Balaban J connectivity index is 1.78. The Hall–Kier alpha value is -3.46. The molecule has 190 valence electrons. The molecule has 0 aliphatic heterocycles. The quantitative estimate of drug-likeness (QED) is 0.220. The van der Waals surface area contributed by atoms with Gasteiger partial charge in [-0.05, 0) is 54.7 Å². The third-order valence-corrected chi connectivity index (χ3v) is 6.59. The van der Waals surface area contributed by atoms with Gasteiger partial charge in [-0.2, -0.15) is 13.2 Å². The van der Waals surface area contributed by atoms with Gasteiger partial charge in [-0.1, -0.05) is 32.1 Å². The number of benzene rings is 2. The number of carboxylic acids is 1. The van der Waals surface area contributed by atoms with Gasteiger partial charge in [0, 0.05) is 22.4 Å². The van der Waals surface area contributed by atoms with Crippen molar-refractivity contribution in [3.8, 4) is 16.3 Å². The van der Waals surface area contributed by atoms with Gasteiger partial charge < -0.3 is 9.84 Å². The average Bonchev–Trinajstić information content (AvgIpc) is 3.26. The summed E-state index contributed by atoms with van der Waals surface area (Å²) in [5.74, 6) is -0.718. The lowest BCUT2D eigenvalue weighted by Gasteiger charge is -2.11. The van der Waals surface area contributed by atoms with Gasteiger partial charge in [0.15, 0.2) is 12.4 Å². The van der Waals surface area contributed by atoms with Gasteiger partial charge in [-0.15, -0.1) is 17.9 Å². The molecule has 0 fully saturated rings. The molecule has 0 atom stereocenters. The number of rotatable bonds is 11. The molecule has 0 aliphatic rings. The number of allylic oxidation sites excluding steroid dienone is 1. The van der Waals surface area contributed by atoms with Crippen molar-refractivity contribution in [3.63, 3.8) is 0 Å². The van der Waals surface area contributed by atoms with Gasteiger partial charge in [0.1, 0.15) is 10.8 Å². The van der Waals surface area contributed by atoms with Crippen LogP contribution in [-0.2, 0) is 23.8 Å². The highest BCUT2D eigenvalue weighted by Gasteiger charge is 2.30. The molecule has 1 aromatic heterocycles. The lowest BCUT2D eigenvalue weighted by molar-refractivity contribution is -0.139. The molecule has 36 heavy (non-hydrogen) atoms. The molecule has 0 unspecified atom stereocenters. The van der Waals surface area contributed by atoms with E-state index in [9.17, 15) is 22.8 Å². The van der Waals surface area contributed by atoms with Crippen LogP contribution >= 0.6 is 11.3 Å². The third kappa shape index (κ3) is 6.81. The number of aliphatic carboxylic acids is 1. The molecule has 2 aromatic carbocycles. The molecule has 3 rings (SSSR count). The van der Waals surface area contributed by atoms with Crippen molar-refractivity contribution in [1.82, 2.24) is 4.98 Å². The number of hydrogen-bond acceptors (Lipinski definition) is 5. The van der Waals surface area contributed by atoms with E-state index < -0.39 is 24.3 Å². The second kappa shape index (κ2) is 11.5. The second-order valence-corrected chi connectivity index (χ2v) is 9.56. The van der Waals surface area contributed by atoms with Crippen LogP contribution < -0.4 is 4.74 Å². The van der Waals surface area contributed by atoms with Crippen molar-refractivity contribution in [2.45, 2.75) is 45.2 Å². The first kappa shape index (κ1) is 27.1. The van der Waals surface area contributed by atoms with Crippen molar-refractivity contribution >= 4 is 23.1 Å². The number of ether oxygens (including phenoxy) is 1. The number of ketones is 1. The summed E-state index contributed by atoms with van der Waals surface area (Å²) in [5, 5.41) is 9.46. The van der Waals surface area contributed by atoms with E-state index in [1.54, 1.807) is 24.3 Å². The van der Waals surface area contributed by atoms with Crippen LogP contribution in [0, 0.1) is 0 Å². The molecule has 0 radical (unpaired) electrons. The first-order chi connectivity index (χ1) is 17.0. The molecule has 1 heterocycles. The van der Waals surface area contributed by atoms with E-state index in [2.05, 4.69) is 11.6 Å². The summed E-state index contributed by atoms with van der Waals surface area (Å²) in [4.78, 5) is 29.3. The van der Waals surface area contributed by atoms with Crippen LogP contribution in [0.4, 0.5) is 13.2 Å². The Bertz CT molecular complexity index is 1250.